The van der Waals surface area contributed by atoms with E-state index < -0.39 is 0 Å². The second-order valence-electron chi connectivity index (χ2n) is 3.54. The number of rotatable bonds is 5. The molecular weight excluding hydrogens is 412 g/mol. The monoisotopic (exact) mass is 424 g/mol. The van der Waals surface area contributed by atoms with Gasteiger partial charge in [-0.3, -0.25) is 0 Å². The third-order valence-electron chi connectivity index (χ3n) is 2.31. The second kappa shape index (κ2) is 7.59. The first-order valence-corrected chi connectivity index (χ1v) is 8.20. The summed E-state index contributed by atoms with van der Waals surface area (Å²) < 4.78 is 7.51. The largest absolute Gasteiger partial charge is 0.492 e. The van der Waals surface area contributed by atoms with Crippen molar-refractivity contribution in [2.45, 2.75) is 20.3 Å². The fourth-order valence-electron chi connectivity index (χ4n) is 1.42. The van der Waals surface area contributed by atoms with E-state index in [9.17, 15) is 0 Å². The maximum atomic E-state index is 5.56. The quantitative estimate of drug-likeness (QED) is 0.541. The summed E-state index contributed by atoms with van der Waals surface area (Å²) in [5.41, 5.74) is 2.54. The van der Waals surface area contributed by atoms with Crippen LogP contribution in [0.15, 0.2) is 26.7 Å². The van der Waals surface area contributed by atoms with E-state index >= 15 is 0 Å². The minimum absolute atomic E-state index is 0.661. The Morgan fingerprint density at radius 2 is 1.82 bits per heavy atom. The third kappa shape index (κ3) is 4.42. The average Bonchev–Trinajstić information content (AvgIpc) is 2.30. The number of alkyl halides is 1. The normalized spacial score (nSPS) is 11.7. The van der Waals surface area contributed by atoms with Crippen LogP contribution in [0, 0.1) is 0 Å². The van der Waals surface area contributed by atoms with Crippen LogP contribution in [0.25, 0.3) is 6.08 Å². The van der Waals surface area contributed by atoms with E-state index in [1.165, 1.54) is 11.1 Å². The Labute approximate surface area is 128 Å². The van der Waals surface area contributed by atoms with Crippen molar-refractivity contribution in [1.29, 1.82) is 0 Å². The first-order valence-electron chi connectivity index (χ1n) is 5.49. The molecule has 1 aromatic carbocycles. The highest BCUT2D eigenvalue weighted by Gasteiger charge is 2.07. The van der Waals surface area contributed by atoms with Gasteiger partial charge in [-0.1, -0.05) is 34.5 Å². The summed E-state index contributed by atoms with van der Waals surface area (Å²) in [6, 6.07) is 4.15. The molecule has 0 radical (unpaired) electrons. The molecule has 0 atom stereocenters. The number of ether oxygens (including phenoxy) is 1. The molecule has 0 amide bonds. The van der Waals surface area contributed by atoms with Crippen LogP contribution in [-0.4, -0.2) is 11.9 Å². The van der Waals surface area contributed by atoms with Gasteiger partial charge in [0, 0.05) is 5.33 Å². The Hall–Kier alpha value is 0.200. The Morgan fingerprint density at radius 1 is 1.24 bits per heavy atom. The summed E-state index contributed by atoms with van der Waals surface area (Å²) in [6.45, 7) is 4.80. The van der Waals surface area contributed by atoms with Crippen LogP contribution in [0.4, 0.5) is 0 Å². The van der Waals surface area contributed by atoms with Gasteiger partial charge in [0.2, 0.25) is 0 Å². The summed E-state index contributed by atoms with van der Waals surface area (Å²) >= 11 is 10.6. The van der Waals surface area contributed by atoms with Gasteiger partial charge in [0.1, 0.15) is 5.75 Å². The molecule has 0 aliphatic rings. The van der Waals surface area contributed by atoms with E-state index in [2.05, 4.69) is 72.9 Å². The molecule has 0 bridgehead atoms. The number of allylic oxidation sites excluding steroid dienone is 1. The van der Waals surface area contributed by atoms with Crippen molar-refractivity contribution in [2.75, 3.05) is 11.9 Å². The predicted molar refractivity (Wildman–Crippen MR) is 85.1 cm³/mol. The summed E-state index contributed by atoms with van der Waals surface area (Å²) in [5, 5.41) is 0.909. The molecular formula is C13H15Br3O. The molecule has 0 unspecified atom stereocenters. The maximum absolute atomic E-state index is 5.56. The van der Waals surface area contributed by atoms with Gasteiger partial charge < -0.3 is 4.74 Å². The predicted octanol–water partition coefficient (Wildman–Crippen LogP) is 5.80. The lowest BCUT2D eigenvalue weighted by atomic mass is 10.1. The lowest BCUT2D eigenvalue weighted by Gasteiger charge is -2.10. The van der Waals surface area contributed by atoms with Gasteiger partial charge in [-0.05, 0) is 62.9 Å². The minimum atomic E-state index is 0.661. The first-order chi connectivity index (χ1) is 8.12. The van der Waals surface area contributed by atoms with Crippen LogP contribution in [0.2, 0.25) is 0 Å². The van der Waals surface area contributed by atoms with Crippen molar-refractivity contribution < 1.29 is 4.74 Å². The van der Waals surface area contributed by atoms with E-state index in [1.54, 1.807) is 0 Å². The van der Waals surface area contributed by atoms with Crippen molar-refractivity contribution in [3.63, 3.8) is 0 Å². The molecule has 1 rings (SSSR count). The van der Waals surface area contributed by atoms with Gasteiger partial charge in [0.25, 0.3) is 0 Å². The fourth-order valence-corrected chi connectivity index (χ4v) is 3.43. The topological polar surface area (TPSA) is 9.23 Å². The molecule has 0 saturated carbocycles. The van der Waals surface area contributed by atoms with E-state index in [1.807, 2.05) is 6.92 Å². The molecule has 94 valence electrons. The summed E-state index contributed by atoms with van der Waals surface area (Å²) in [6.07, 6.45) is 3.24. The summed E-state index contributed by atoms with van der Waals surface area (Å²) in [7, 11) is 0. The lowest BCUT2D eigenvalue weighted by Crippen LogP contribution is -1.94. The van der Waals surface area contributed by atoms with Gasteiger partial charge in [0.05, 0.1) is 15.6 Å². The first kappa shape index (κ1) is 15.3. The van der Waals surface area contributed by atoms with Gasteiger partial charge in [-0.25, -0.2) is 0 Å². The Bertz CT molecular complexity index is 384. The molecule has 0 N–H and O–H groups in total. The van der Waals surface area contributed by atoms with Crippen molar-refractivity contribution in [1.82, 2.24) is 0 Å². The van der Waals surface area contributed by atoms with Gasteiger partial charge in [-0.2, -0.15) is 0 Å². The molecule has 0 fully saturated rings. The Kier molecular flexibility index (Phi) is 6.82. The molecule has 4 heteroatoms. The molecule has 17 heavy (non-hydrogen) atoms. The van der Waals surface area contributed by atoms with Crippen molar-refractivity contribution in [3.05, 3.63) is 32.2 Å². The molecule has 0 aliphatic carbocycles. The van der Waals surface area contributed by atoms with E-state index in [0.717, 1.165) is 26.4 Å². The summed E-state index contributed by atoms with van der Waals surface area (Å²) in [5.74, 6) is 0.863. The SMILES string of the molecule is CCOc1c(Br)cc(C=C(CC)CBr)cc1Br. The molecule has 0 aromatic heterocycles. The summed E-state index contributed by atoms with van der Waals surface area (Å²) in [4.78, 5) is 0. The van der Waals surface area contributed by atoms with Crippen molar-refractivity contribution in [3.8, 4) is 5.75 Å². The fraction of sp³-hybridized carbons (Fsp3) is 0.385. The number of benzene rings is 1. The molecule has 0 spiro atoms. The minimum Gasteiger partial charge on any atom is -0.492 e. The van der Waals surface area contributed by atoms with Crippen LogP contribution < -0.4 is 4.74 Å². The van der Waals surface area contributed by atoms with Crippen LogP contribution >= 0.6 is 47.8 Å². The highest BCUT2D eigenvalue weighted by Crippen LogP contribution is 2.35. The van der Waals surface area contributed by atoms with Crippen LogP contribution in [0.1, 0.15) is 25.8 Å². The Morgan fingerprint density at radius 3 is 2.24 bits per heavy atom. The Balaban J connectivity index is 3.09. The molecule has 0 saturated heterocycles. The van der Waals surface area contributed by atoms with Crippen LogP contribution in [-0.2, 0) is 0 Å². The zero-order valence-corrected chi connectivity index (χ0v) is 14.7. The molecule has 1 aromatic rings. The highest BCUT2D eigenvalue weighted by molar-refractivity contribution is 9.11. The van der Waals surface area contributed by atoms with Crippen LogP contribution in [0.5, 0.6) is 5.75 Å². The number of hydrogen-bond donors (Lipinski definition) is 0. The second-order valence-corrected chi connectivity index (χ2v) is 5.81. The van der Waals surface area contributed by atoms with Crippen LogP contribution in [0.3, 0.4) is 0 Å². The lowest BCUT2D eigenvalue weighted by molar-refractivity contribution is 0.336. The van der Waals surface area contributed by atoms with E-state index in [0.29, 0.717) is 6.61 Å². The van der Waals surface area contributed by atoms with Crippen molar-refractivity contribution in [2.24, 2.45) is 0 Å². The average molecular weight is 427 g/mol. The van der Waals surface area contributed by atoms with Gasteiger partial charge in [-0.15, -0.1) is 0 Å². The maximum Gasteiger partial charge on any atom is 0.147 e. The zero-order valence-electron chi connectivity index (χ0n) is 9.90. The molecule has 0 aliphatic heterocycles. The van der Waals surface area contributed by atoms with E-state index in [4.69, 9.17) is 4.74 Å². The molecule has 0 heterocycles. The third-order valence-corrected chi connectivity index (χ3v) is 4.20. The van der Waals surface area contributed by atoms with Gasteiger partial charge in [0.15, 0.2) is 0 Å². The zero-order chi connectivity index (χ0) is 12.8. The number of hydrogen-bond acceptors (Lipinski definition) is 1. The van der Waals surface area contributed by atoms with Gasteiger partial charge >= 0.3 is 0 Å². The number of halogens is 3. The smallest absolute Gasteiger partial charge is 0.147 e. The highest BCUT2D eigenvalue weighted by atomic mass is 79.9. The standard InChI is InChI=1S/C13H15Br3O/c1-3-9(8-14)5-10-6-11(15)13(17-4-2)12(16)7-10/h5-7H,3-4,8H2,1-2H3. The van der Waals surface area contributed by atoms with E-state index in [-0.39, 0.29) is 0 Å². The molecule has 1 nitrogen and oxygen atoms in total. The van der Waals surface area contributed by atoms with Crippen molar-refractivity contribution >= 4 is 53.9 Å².